The molecule has 0 aliphatic heterocycles. The minimum atomic E-state index is -1.36. The van der Waals surface area contributed by atoms with Crippen LogP contribution in [0.3, 0.4) is 0 Å². The van der Waals surface area contributed by atoms with Crippen molar-refractivity contribution in [2.45, 2.75) is 123 Å². The molecule has 11 nitrogen and oxygen atoms in total. The zero-order valence-electron chi connectivity index (χ0n) is 27.6. The van der Waals surface area contributed by atoms with Crippen LogP contribution in [0.2, 0.25) is 0 Å². The van der Waals surface area contributed by atoms with Crippen molar-refractivity contribution in [2.24, 2.45) is 11.8 Å². The number of amides is 3. The van der Waals surface area contributed by atoms with Gasteiger partial charge in [-0.3, -0.25) is 14.4 Å². The fraction of sp³-hybridized carbons (Fsp3) is 0.697. The van der Waals surface area contributed by atoms with Crippen molar-refractivity contribution in [1.29, 1.82) is 0 Å². The van der Waals surface area contributed by atoms with E-state index in [1.54, 1.807) is 19.2 Å². The number of carbonyl (C=O) groups is 4. The largest absolute Gasteiger partial charge is 0.508 e. The van der Waals surface area contributed by atoms with Gasteiger partial charge in [0.2, 0.25) is 11.8 Å². The molecule has 0 radical (unpaired) electrons. The van der Waals surface area contributed by atoms with Gasteiger partial charge in [0.05, 0.1) is 0 Å². The van der Waals surface area contributed by atoms with Crippen molar-refractivity contribution in [1.82, 2.24) is 20.9 Å². The zero-order chi connectivity index (χ0) is 33.4. The summed E-state index contributed by atoms with van der Waals surface area (Å²) in [6, 6.07) is 2.34. The second kappa shape index (κ2) is 20.0. The summed E-state index contributed by atoms with van der Waals surface area (Å²) in [4.78, 5) is 53.8. The first kappa shape index (κ1) is 38.8. The maximum Gasteiger partial charge on any atom is 0.326 e. The van der Waals surface area contributed by atoms with Gasteiger partial charge in [-0.05, 0) is 55.8 Å². The molecule has 5 unspecified atom stereocenters. The Morgan fingerprint density at radius 2 is 1.41 bits per heavy atom. The van der Waals surface area contributed by atoms with Gasteiger partial charge in [0.1, 0.15) is 30.0 Å². The van der Waals surface area contributed by atoms with Crippen LogP contribution in [-0.2, 0) is 25.6 Å². The van der Waals surface area contributed by atoms with E-state index in [9.17, 15) is 34.5 Å². The molecule has 1 aromatic rings. The number of unbranched alkanes of at least 4 members (excludes halogenated alkanes) is 4. The minimum absolute atomic E-state index is 0.00458. The molecule has 0 aromatic heterocycles. The van der Waals surface area contributed by atoms with Gasteiger partial charge < -0.3 is 36.2 Å². The highest BCUT2D eigenvalue weighted by Crippen LogP contribution is 2.17. The van der Waals surface area contributed by atoms with Crippen molar-refractivity contribution in [2.75, 3.05) is 14.1 Å². The topological polar surface area (TPSA) is 168 Å². The van der Waals surface area contributed by atoms with Crippen molar-refractivity contribution < 1.29 is 34.5 Å². The molecule has 3 amide bonds. The highest BCUT2D eigenvalue weighted by atomic mass is 16.4. The Labute approximate surface area is 263 Å². The van der Waals surface area contributed by atoms with Crippen LogP contribution in [0.5, 0.6) is 5.75 Å². The van der Waals surface area contributed by atoms with E-state index in [0.717, 1.165) is 32.1 Å². The van der Waals surface area contributed by atoms with Crippen molar-refractivity contribution in [3.63, 3.8) is 0 Å². The van der Waals surface area contributed by atoms with E-state index in [1.165, 1.54) is 24.1 Å². The van der Waals surface area contributed by atoms with Crippen molar-refractivity contribution in [3.05, 3.63) is 29.8 Å². The molecule has 0 aliphatic carbocycles. The number of hydrogen-bond donors (Lipinski definition) is 6. The van der Waals surface area contributed by atoms with Crippen LogP contribution in [-0.4, -0.2) is 88.3 Å². The molecule has 1 rings (SSSR count). The Morgan fingerprint density at radius 1 is 0.841 bits per heavy atom. The number of carbonyl (C=O) groups excluding carboxylic acids is 3. The molecule has 11 heteroatoms. The molecule has 0 fully saturated rings. The zero-order valence-corrected chi connectivity index (χ0v) is 27.6. The second-order valence-electron chi connectivity index (χ2n) is 12.6. The van der Waals surface area contributed by atoms with E-state index < -0.39 is 54.0 Å². The Morgan fingerprint density at radius 3 is 1.93 bits per heavy atom. The predicted octanol–water partition coefficient (Wildman–Crippen LogP) is 3.22. The highest BCUT2D eigenvalue weighted by molar-refractivity contribution is 5.94. The van der Waals surface area contributed by atoms with Gasteiger partial charge in [-0.1, -0.05) is 78.9 Å². The number of aliphatic hydroxyl groups is 1. The average Bonchev–Trinajstić information content (AvgIpc) is 2.96. The Bertz CT molecular complexity index is 1030. The third kappa shape index (κ3) is 13.6. The van der Waals surface area contributed by atoms with E-state index in [1.807, 2.05) is 27.7 Å². The number of phenols is 1. The van der Waals surface area contributed by atoms with Crippen LogP contribution in [0, 0.1) is 11.8 Å². The van der Waals surface area contributed by atoms with Crippen molar-refractivity contribution >= 4 is 23.7 Å². The highest BCUT2D eigenvalue weighted by Gasteiger charge is 2.36. The molecule has 0 heterocycles. The van der Waals surface area contributed by atoms with Crippen LogP contribution in [0.1, 0.15) is 91.5 Å². The first-order valence-electron chi connectivity index (χ1n) is 15.9. The summed E-state index contributed by atoms with van der Waals surface area (Å²) in [6.07, 6.45) is 5.05. The lowest BCUT2D eigenvalue weighted by Gasteiger charge is -2.33. The van der Waals surface area contributed by atoms with E-state index in [4.69, 9.17) is 0 Å². The average molecular weight is 621 g/mol. The smallest absolute Gasteiger partial charge is 0.326 e. The first-order chi connectivity index (χ1) is 20.7. The number of nitrogens with zero attached hydrogens (tertiary/aromatic N) is 1. The SMILES string of the molecule is CCCCCCCC(NC)C(O)C(=O)NC(CC(C)C)C(=O)N(C)C(CC(C)C)C(=O)NC(Cc1ccc(O)cc1)C(=O)O. The lowest BCUT2D eigenvalue weighted by atomic mass is 9.97. The number of benzene rings is 1. The van der Waals surface area contributed by atoms with Gasteiger partial charge in [-0.25, -0.2) is 4.79 Å². The first-order valence-corrected chi connectivity index (χ1v) is 15.9. The van der Waals surface area contributed by atoms with Crippen LogP contribution in [0.15, 0.2) is 24.3 Å². The number of hydrogen-bond acceptors (Lipinski definition) is 7. The molecule has 0 aliphatic rings. The van der Waals surface area contributed by atoms with Gasteiger partial charge in [-0.2, -0.15) is 0 Å². The quantitative estimate of drug-likeness (QED) is 0.114. The second-order valence-corrected chi connectivity index (χ2v) is 12.6. The number of likely N-dealkylation sites (N-methyl/N-ethyl adjacent to an activating group) is 2. The Hall–Kier alpha value is -3.18. The molecule has 0 bridgehead atoms. The number of aliphatic hydroxyl groups excluding tert-OH is 1. The van der Waals surface area contributed by atoms with E-state index in [-0.39, 0.29) is 36.8 Å². The third-order valence-corrected chi connectivity index (χ3v) is 7.76. The number of carboxylic acids is 1. The normalized spacial score (nSPS) is 14.9. The van der Waals surface area contributed by atoms with Gasteiger partial charge in [0.15, 0.2) is 0 Å². The fourth-order valence-electron chi connectivity index (χ4n) is 5.18. The minimum Gasteiger partial charge on any atom is -0.508 e. The monoisotopic (exact) mass is 620 g/mol. The summed E-state index contributed by atoms with van der Waals surface area (Å²) in [5.74, 6) is -2.94. The van der Waals surface area contributed by atoms with Gasteiger partial charge in [0.25, 0.3) is 5.91 Å². The molecule has 1 aromatic carbocycles. The number of nitrogens with one attached hydrogen (secondary N) is 3. The number of carboxylic acid groups (broad SMARTS) is 1. The maximum atomic E-state index is 13.8. The van der Waals surface area contributed by atoms with E-state index in [2.05, 4.69) is 22.9 Å². The van der Waals surface area contributed by atoms with Crippen LogP contribution < -0.4 is 16.0 Å². The molecule has 6 N–H and O–H groups in total. The number of phenolic OH excluding ortho intramolecular Hbond substituents is 1. The third-order valence-electron chi connectivity index (χ3n) is 7.76. The van der Waals surface area contributed by atoms with Crippen LogP contribution >= 0.6 is 0 Å². The van der Waals surface area contributed by atoms with Gasteiger partial charge >= 0.3 is 5.97 Å². The number of rotatable bonds is 21. The van der Waals surface area contributed by atoms with Crippen LogP contribution in [0.25, 0.3) is 0 Å². The summed E-state index contributed by atoms with van der Waals surface area (Å²) in [7, 11) is 3.17. The summed E-state index contributed by atoms with van der Waals surface area (Å²) >= 11 is 0. The summed E-state index contributed by atoms with van der Waals surface area (Å²) in [5.41, 5.74) is 0.611. The number of aromatic hydroxyl groups is 1. The van der Waals surface area contributed by atoms with Crippen molar-refractivity contribution in [3.8, 4) is 5.75 Å². The summed E-state index contributed by atoms with van der Waals surface area (Å²) in [5, 5.41) is 38.5. The van der Waals surface area contributed by atoms with E-state index >= 15 is 0 Å². The number of aliphatic carboxylic acids is 1. The molecular weight excluding hydrogens is 564 g/mol. The van der Waals surface area contributed by atoms with Gasteiger partial charge in [0, 0.05) is 19.5 Å². The summed E-state index contributed by atoms with van der Waals surface area (Å²) < 4.78 is 0. The fourth-order valence-corrected chi connectivity index (χ4v) is 5.18. The molecule has 250 valence electrons. The molecule has 44 heavy (non-hydrogen) atoms. The molecule has 0 spiro atoms. The van der Waals surface area contributed by atoms with Crippen LogP contribution in [0.4, 0.5) is 0 Å². The lowest BCUT2D eigenvalue weighted by molar-refractivity contribution is -0.146. The predicted molar refractivity (Wildman–Crippen MR) is 171 cm³/mol. The van der Waals surface area contributed by atoms with Gasteiger partial charge in [-0.15, -0.1) is 0 Å². The molecular formula is C33H56N4O7. The Kier molecular flexibility index (Phi) is 17.6. The molecule has 0 saturated heterocycles. The molecule has 5 atom stereocenters. The Balaban J connectivity index is 3.09. The molecule has 0 saturated carbocycles. The standard InChI is InChI=1S/C33H56N4O7/c1-8-9-10-11-12-13-25(34-6)29(39)31(41)35-26(18-21(2)3)32(42)37(7)28(19-22(4)5)30(40)36-27(33(43)44)20-23-14-16-24(38)17-15-23/h14-17,21-22,25-29,34,38-39H,8-13,18-20H2,1-7H3,(H,35,41)(H,36,40)(H,43,44). The van der Waals surface area contributed by atoms with E-state index in [0.29, 0.717) is 12.0 Å². The summed E-state index contributed by atoms with van der Waals surface area (Å²) in [6.45, 7) is 9.76. The lowest BCUT2D eigenvalue weighted by Crippen LogP contribution is -2.58. The maximum absolute atomic E-state index is 13.8.